The fourth-order valence-corrected chi connectivity index (χ4v) is 15.2. The van der Waals surface area contributed by atoms with Crippen LogP contribution in [0.3, 0.4) is 0 Å². The van der Waals surface area contributed by atoms with Crippen LogP contribution in [0.2, 0.25) is 0 Å². The highest BCUT2D eigenvalue weighted by atomic mass is 15.1. The van der Waals surface area contributed by atoms with E-state index in [0.29, 0.717) is 0 Å². The molecule has 0 fully saturated rings. The van der Waals surface area contributed by atoms with Gasteiger partial charge < -0.3 is 9.80 Å². The van der Waals surface area contributed by atoms with Gasteiger partial charge in [-0.2, -0.15) is 0 Å². The quantitative estimate of drug-likeness (QED) is 0.135. The lowest BCUT2D eigenvalue weighted by atomic mass is 9.70. The highest BCUT2D eigenvalue weighted by Gasteiger charge is 2.52. The first-order valence-corrected chi connectivity index (χ1v) is 29.8. The molecule has 0 saturated carbocycles. The summed E-state index contributed by atoms with van der Waals surface area (Å²) < 4.78 is 0. The summed E-state index contributed by atoms with van der Waals surface area (Å²) in [5.41, 5.74) is 33.4. The lowest BCUT2D eigenvalue weighted by Gasteiger charge is -2.34. The second-order valence-corrected chi connectivity index (χ2v) is 24.5. The molecule has 0 radical (unpaired) electrons. The molecule has 12 aromatic rings. The van der Waals surface area contributed by atoms with Crippen LogP contribution in [0.5, 0.6) is 0 Å². The number of anilines is 6. The Labute approximate surface area is 499 Å². The molecule has 0 heterocycles. The van der Waals surface area contributed by atoms with Crippen molar-refractivity contribution in [2.45, 2.75) is 43.9 Å². The summed E-state index contributed by atoms with van der Waals surface area (Å²) in [4.78, 5) is 4.98. The summed E-state index contributed by atoms with van der Waals surface area (Å²) in [6, 6.07) is 101. The summed E-state index contributed by atoms with van der Waals surface area (Å²) >= 11 is 0. The van der Waals surface area contributed by atoms with Gasteiger partial charge in [-0.25, -0.2) is 0 Å². The third-order valence-corrected chi connectivity index (χ3v) is 19.4. The lowest BCUT2D eigenvalue weighted by Crippen LogP contribution is -2.26. The normalized spacial score (nSPS) is 14.3. The van der Waals surface area contributed by atoms with E-state index in [9.17, 15) is 0 Å². The number of nitrogens with zero attached hydrogens (tertiary/aromatic N) is 2. The van der Waals surface area contributed by atoms with E-state index in [2.05, 4.69) is 318 Å². The van der Waals surface area contributed by atoms with Crippen molar-refractivity contribution in [1.29, 1.82) is 0 Å². The minimum Gasteiger partial charge on any atom is -0.310 e. The first-order valence-electron chi connectivity index (χ1n) is 29.8. The maximum Gasteiger partial charge on any atom is 0.0727 e. The molecule has 4 aliphatic rings. The fraction of sp³-hybridized carbons (Fsp3) is 0.0843. The first-order chi connectivity index (χ1) is 41.5. The Bertz CT molecular complexity index is 4420. The van der Waals surface area contributed by atoms with Crippen molar-refractivity contribution < 1.29 is 0 Å². The van der Waals surface area contributed by atoms with Crippen LogP contribution in [0.4, 0.5) is 34.1 Å². The van der Waals surface area contributed by atoms with E-state index in [1.165, 1.54) is 111 Å². The van der Waals surface area contributed by atoms with Crippen LogP contribution in [0, 0.1) is 0 Å². The summed E-state index contributed by atoms with van der Waals surface area (Å²) in [6.07, 6.45) is 3.80. The Morgan fingerprint density at radius 3 is 0.824 bits per heavy atom. The third-order valence-electron chi connectivity index (χ3n) is 19.4. The number of rotatable bonds is 10. The standard InChI is InChI=1S/C83H62N2/c1-7-53-25-29-55(30-26-53)57-33-37-59(38-34-57)84(61-41-45-69-65-17-9-13-21-73(65)81(3,4)77(69)49-61)63-43-47-71-67-19-11-15-23-75(67)83(79(71)51-63)76-24-16-12-20-68(76)72-48-44-64(52-80(72)83)85(60-39-35-58(36-40-60)56-31-27-54(8-2)28-32-56)62-42-46-70-66-18-10-14-22-74(66)82(5,6)78(70)50-62/h7-52H,1-2H2,3-6H3. The Balaban J connectivity index is 0.896. The molecule has 0 aromatic heterocycles. The highest BCUT2D eigenvalue weighted by Crippen LogP contribution is 2.64. The Hall–Kier alpha value is -10.3. The van der Waals surface area contributed by atoms with Crippen LogP contribution in [0.25, 0.3) is 78.9 Å². The second-order valence-electron chi connectivity index (χ2n) is 24.5. The van der Waals surface area contributed by atoms with Crippen molar-refractivity contribution in [3.8, 4) is 66.8 Å². The Morgan fingerprint density at radius 1 is 0.247 bits per heavy atom. The molecule has 4 aliphatic carbocycles. The molecule has 2 heteroatoms. The minimum absolute atomic E-state index is 0.178. The molecular weight excluding hydrogens is 1020 g/mol. The molecule has 16 rings (SSSR count). The van der Waals surface area contributed by atoms with Gasteiger partial charge in [-0.3, -0.25) is 0 Å². The topological polar surface area (TPSA) is 6.48 Å². The summed E-state index contributed by atoms with van der Waals surface area (Å²) in [5.74, 6) is 0. The molecule has 0 bridgehead atoms. The molecule has 404 valence electrons. The summed E-state index contributed by atoms with van der Waals surface area (Å²) in [6.45, 7) is 17.5. The molecule has 0 unspecified atom stereocenters. The van der Waals surface area contributed by atoms with Crippen LogP contribution >= 0.6 is 0 Å². The van der Waals surface area contributed by atoms with Crippen molar-refractivity contribution >= 4 is 46.3 Å². The average molecular weight is 1090 g/mol. The van der Waals surface area contributed by atoms with E-state index >= 15 is 0 Å². The van der Waals surface area contributed by atoms with E-state index in [1.807, 2.05) is 12.2 Å². The van der Waals surface area contributed by atoms with Crippen LogP contribution in [0.15, 0.2) is 280 Å². The van der Waals surface area contributed by atoms with Crippen LogP contribution in [-0.2, 0) is 16.2 Å². The molecule has 0 saturated heterocycles. The molecular formula is C83H62N2. The van der Waals surface area contributed by atoms with Crippen molar-refractivity contribution in [2.75, 3.05) is 9.80 Å². The van der Waals surface area contributed by atoms with Gasteiger partial charge in [0.05, 0.1) is 5.41 Å². The zero-order valence-electron chi connectivity index (χ0n) is 48.4. The SMILES string of the molecule is C=Cc1ccc(-c2ccc(N(c3ccc4c(c3)C(C)(C)c3ccccc3-4)c3ccc4c(c3)C3(c5ccccc5-4)c4ccccc4-c4ccc(N(c5ccc(-c6ccc(C=C)cc6)cc5)c5ccc6c(c5)C(C)(C)c5ccccc5-6)cc43)cc2)cc1. The minimum atomic E-state index is -0.646. The largest absolute Gasteiger partial charge is 0.310 e. The summed E-state index contributed by atoms with van der Waals surface area (Å²) in [5, 5.41) is 0. The number of fused-ring (bicyclic) bond motifs is 16. The van der Waals surface area contributed by atoms with Gasteiger partial charge in [0.2, 0.25) is 0 Å². The van der Waals surface area contributed by atoms with Crippen molar-refractivity contribution in [3.63, 3.8) is 0 Å². The Kier molecular flexibility index (Phi) is 11.2. The fourth-order valence-electron chi connectivity index (χ4n) is 15.2. The first kappa shape index (κ1) is 50.4. The molecule has 12 aromatic carbocycles. The number of benzene rings is 12. The molecule has 85 heavy (non-hydrogen) atoms. The molecule has 2 nitrogen and oxygen atoms in total. The average Bonchev–Trinajstić information content (AvgIpc) is 1.54. The molecule has 0 amide bonds. The maximum atomic E-state index is 4.00. The highest BCUT2D eigenvalue weighted by molar-refractivity contribution is 5.98. The molecule has 0 atom stereocenters. The van der Waals surface area contributed by atoms with Gasteiger partial charge >= 0.3 is 0 Å². The molecule has 0 N–H and O–H groups in total. The van der Waals surface area contributed by atoms with E-state index in [4.69, 9.17) is 0 Å². The van der Waals surface area contributed by atoms with Gasteiger partial charge in [-0.1, -0.05) is 247 Å². The van der Waals surface area contributed by atoms with E-state index < -0.39 is 5.41 Å². The molecule has 1 spiro atoms. The third kappa shape index (κ3) is 7.44. The smallest absolute Gasteiger partial charge is 0.0727 e. The van der Waals surface area contributed by atoms with Gasteiger partial charge in [0, 0.05) is 45.0 Å². The van der Waals surface area contributed by atoms with Crippen LogP contribution in [-0.4, -0.2) is 0 Å². The zero-order valence-corrected chi connectivity index (χ0v) is 48.4. The monoisotopic (exact) mass is 1090 g/mol. The van der Waals surface area contributed by atoms with Gasteiger partial charge in [0.25, 0.3) is 0 Å². The van der Waals surface area contributed by atoms with E-state index in [-0.39, 0.29) is 10.8 Å². The predicted molar refractivity (Wildman–Crippen MR) is 358 cm³/mol. The number of hydrogen-bond donors (Lipinski definition) is 0. The zero-order chi connectivity index (χ0) is 57.3. The number of hydrogen-bond acceptors (Lipinski definition) is 2. The van der Waals surface area contributed by atoms with Gasteiger partial charge in [0.15, 0.2) is 0 Å². The lowest BCUT2D eigenvalue weighted by molar-refractivity contribution is 0.660. The van der Waals surface area contributed by atoms with E-state index in [0.717, 1.165) is 45.3 Å². The van der Waals surface area contributed by atoms with E-state index in [1.54, 1.807) is 0 Å². The van der Waals surface area contributed by atoms with Crippen LogP contribution in [0.1, 0.15) is 83.3 Å². The second kappa shape index (κ2) is 18.9. The Morgan fingerprint density at radius 2 is 0.494 bits per heavy atom. The predicted octanol–water partition coefficient (Wildman–Crippen LogP) is 22.2. The van der Waals surface area contributed by atoms with Crippen molar-refractivity contribution in [3.05, 3.63) is 336 Å². The van der Waals surface area contributed by atoms with Crippen molar-refractivity contribution in [1.82, 2.24) is 0 Å². The molecule has 0 aliphatic heterocycles. The summed E-state index contributed by atoms with van der Waals surface area (Å²) in [7, 11) is 0. The van der Waals surface area contributed by atoms with Gasteiger partial charge in [0.1, 0.15) is 0 Å². The van der Waals surface area contributed by atoms with Gasteiger partial charge in [-0.05, 0) is 195 Å². The van der Waals surface area contributed by atoms with Crippen molar-refractivity contribution in [2.24, 2.45) is 0 Å². The van der Waals surface area contributed by atoms with Gasteiger partial charge in [-0.15, -0.1) is 0 Å². The maximum absolute atomic E-state index is 4.00. The van der Waals surface area contributed by atoms with Crippen LogP contribution < -0.4 is 9.80 Å².